The number of carbonyl (C=O) groups is 2. The lowest BCUT2D eigenvalue weighted by Crippen LogP contribution is -2.37. The van der Waals surface area contributed by atoms with Crippen LogP contribution >= 0.6 is 11.6 Å². The average molecular weight is 323 g/mol. The van der Waals surface area contributed by atoms with E-state index >= 15 is 0 Å². The maximum absolute atomic E-state index is 11.8. The fourth-order valence-electron chi connectivity index (χ4n) is 1.76. The van der Waals surface area contributed by atoms with E-state index in [1.54, 1.807) is 37.3 Å². The molecule has 116 valence electrons. The van der Waals surface area contributed by atoms with Crippen LogP contribution in [0, 0.1) is 6.92 Å². The van der Waals surface area contributed by atoms with Crippen molar-refractivity contribution in [3.8, 4) is 0 Å². The van der Waals surface area contributed by atoms with Gasteiger partial charge >= 0.3 is 11.8 Å². The fourth-order valence-corrected chi connectivity index (χ4v) is 1.93. The molecule has 2 aromatic rings. The summed E-state index contributed by atoms with van der Waals surface area (Å²) in [6, 6.07) is 8.17. The number of amides is 2. The van der Waals surface area contributed by atoms with Crippen LogP contribution in [0.1, 0.15) is 17.4 Å². The van der Waals surface area contributed by atoms with Gasteiger partial charge in [-0.05, 0) is 36.8 Å². The minimum Gasteiger partial charge on any atom is -0.467 e. The van der Waals surface area contributed by atoms with E-state index in [2.05, 4.69) is 10.6 Å². The van der Waals surface area contributed by atoms with Crippen molar-refractivity contribution in [2.24, 2.45) is 0 Å². The maximum Gasteiger partial charge on any atom is 0.313 e. The molecule has 0 radical (unpaired) electrons. The summed E-state index contributed by atoms with van der Waals surface area (Å²) in [6.45, 7) is 1.65. The van der Waals surface area contributed by atoms with Gasteiger partial charge in [-0.25, -0.2) is 0 Å². The van der Waals surface area contributed by atoms with Gasteiger partial charge in [0.05, 0.1) is 12.8 Å². The SMILES string of the molecule is Cc1ccc(Cl)cc1NC(=O)C(=O)NCC(O)c1ccco1. The van der Waals surface area contributed by atoms with Crippen molar-refractivity contribution in [3.63, 3.8) is 0 Å². The van der Waals surface area contributed by atoms with Crippen molar-refractivity contribution in [1.29, 1.82) is 0 Å². The molecule has 0 saturated heterocycles. The summed E-state index contributed by atoms with van der Waals surface area (Å²) in [5.74, 6) is -1.38. The highest BCUT2D eigenvalue weighted by atomic mass is 35.5. The highest BCUT2D eigenvalue weighted by Crippen LogP contribution is 2.20. The van der Waals surface area contributed by atoms with Crippen molar-refractivity contribution in [3.05, 3.63) is 52.9 Å². The first kappa shape index (κ1) is 16.1. The van der Waals surface area contributed by atoms with Gasteiger partial charge in [-0.2, -0.15) is 0 Å². The summed E-state index contributed by atoms with van der Waals surface area (Å²) in [4.78, 5) is 23.5. The Morgan fingerprint density at radius 3 is 2.77 bits per heavy atom. The van der Waals surface area contributed by atoms with Crippen molar-refractivity contribution < 1.29 is 19.1 Å². The Bertz CT molecular complexity index is 670. The quantitative estimate of drug-likeness (QED) is 0.751. The summed E-state index contributed by atoms with van der Waals surface area (Å²) in [5.41, 5.74) is 1.24. The number of aliphatic hydroxyl groups excluding tert-OH is 1. The molecule has 2 rings (SSSR count). The third-order valence-electron chi connectivity index (χ3n) is 2.98. The van der Waals surface area contributed by atoms with E-state index in [0.717, 1.165) is 5.56 Å². The molecule has 0 fully saturated rings. The van der Waals surface area contributed by atoms with Gasteiger partial charge < -0.3 is 20.2 Å². The highest BCUT2D eigenvalue weighted by Gasteiger charge is 2.17. The molecule has 7 heteroatoms. The van der Waals surface area contributed by atoms with Crippen LogP contribution in [0.3, 0.4) is 0 Å². The van der Waals surface area contributed by atoms with E-state index in [9.17, 15) is 14.7 Å². The summed E-state index contributed by atoms with van der Waals surface area (Å²) < 4.78 is 5.00. The summed E-state index contributed by atoms with van der Waals surface area (Å²) in [6.07, 6.45) is 0.398. The Morgan fingerprint density at radius 2 is 2.09 bits per heavy atom. The lowest BCUT2D eigenvalue weighted by Gasteiger charge is -2.11. The number of hydrogen-bond donors (Lipinski definition) is 3. The van der Waals surface area contributed by atoms with E-state index in [4.69, 9.17) is 16.0 Å². The molecule has 0 aliphatic carbocycles. The summed E-state index contributed by atoms with van der Waals surface area (Å²) in [5, 5.41) is 15.0. The normalized spacial score (nSPS) is 11.8. The maximum atomic E-state index is 11.8. The third kappa shape index (κ3) is 4.09. The van der Waals surface area contributed by atoms with Gasteiger partial charge in [-0.15, -0.1) is 0 Å². The molecular weight excluding hydrogens is 308 g/mol. The lowest BCUT2D eigenvalue weighted by atomic mass is 10.2. The van der Waals surface area contributed by atoms with E-state index < -0.39 is 17.9 Å². The molecule has 0 saturated carbocycles. The summed E-state index contributed by atoms with van der Waals surface area (Å²) >= 11 is 5.84. The van der Waals surface area contributed by atoms with Gasteiger partial charge in [-0.1, -0.05) is 17.7 Å². The molecule has 22 heavy (non-hydrogen) atoms. The number of rotatable bonds is 4. The minimum absolute atomic E-state index is 0.131. The zero-order chi connectivity index (χ0) is 16.1. The molecular formula is C15H15ClN2O4. The molecule has 1 heterocycles. The van der Waals surface area contributed by atoms with Crippen LogP contribution in [0.5, 0.6) is 0 Å². The highest BCUT2D eigenvalue weighted by molar-refractivity contribution is 6.40. The molecule has 1 unspecified atom stereocenters. The molecule has 1 aromatic carbocycles. The number of carbonyl (C=O) groups excluding carboxylic acids is 2. The number of aryl methyl sites for hydroxylation is 1. The van der Waals surface area contributed by atoms with Crippen LogP contribution in [0.15, 0.2) is 41.0 Å². The molecule has 0 aliphatic heterocycles. The Morgan fingerprint density at radius 1 is 1.32 bits per heavy atom. The van der Waals surface area contributed by atoms with E-state index in [1.165, 1.54) is 6.26 Å². The largest absolute Gasteiger partial charge is 0.467 e. The predicted octanol–water partition coefficient (Wildman–Crippen LogP) is 2.03. The molecule has 2 amide bonds. The van der Waals surface area contributed by atoms with E-state index in [-0.39, 0.29) is 6.54 Å². The van der Waals surface area contributed by atoms with Crippen molar-refractivity contribution in [1.82, 2.24) is 5.32 Å². The van der Waals surface area contributed by atoms with Gasteiger partial charge in [0.15, 0.2) is 0 Å². The van der Waals surface area contributed by atoms with E-state index in [0.29, 0.717) is 16.5 Å². The monoisotopic (exact) mass is 322 g/mol. The lowest BCUT2D eigenvalue weighted by molar-refractivity contribution is -0.136. The number of nitrogens with one attached hydrogen (secondary N) is 2. The molecule has 0 bridgehead atoms. The van der Waals surface area contributed by atoms with Crippen molar-refractivity contribution in [2.75, 3.05) is 11.9 Å². The smallest absolute Gasteiger partial charge is 0.313 e. The molecule has 6 nitrogen and oxygen atoms in total. The van der Waals surface area contributed by atoms with Crippen LogP contribution < -0.4 is 10.6 Å². The number of furan rings is 1. The van der Waals surface area contributed by atoms with Crippen LogP contribution in [0.25, 0.3) is 0 Å². The van der Waals surface area contributed by atoms with Gasteiger partial charge in [0, 0.05) is 10.7 Å². The predicted molar refractivity (Wildman–Crippen MR) is 81.5 cm³/mol. The Hall–Kier alpha value is -2.31. The van der Waals surface area contributed by atoms with Crippen LogP contribution in [-0.4, -0.2) is 23.5 Å². The first-order chi connectivity index (χ1) is 10.5. The zero-order valence-corrected chi connectivity index (χ0v) is 12.6. The molecule has 1 atom stereocenters. The van der Waals surface area contributed by atoms with Crippen LogP contribution in [-0.2, 0) is 9.59 Å². The minimum atomic E-state index is -1.01. The standard InChI is InChI=1S/C15H15ClN2O4/c1-9-4-5-10(16)7-11(9)18-15(21)14(20)17-8-12(19)13-3-2-6-22-13/h2-7,12,19H,8H2,1H3,(H,17,20)(H,18,21). The Kier molecular flexibility index (Phi) is 5.19. The second kappa shape index (κ2) is 7.11. The topological polar surface area (TPSA) is 91.6 Å². The zero-order valence-electron chi connectivity index (χ0n) is 11.8. The average Bonchev–Trinajstić information content (AvgIpc) is 3.02. The van der Waals surface area contributed by atoms with Crippen molar-refractivity contribution >= 4 is 29.1 Å². The molecule has 1 aromatic heterocycles. The molecule has 3 N–H and O–H groups in total. The number of hydrogen-bond acceptors (Lipinski definition) is 4. The van der Waals surface area contributed by atoms with Crippen LogP contribution in [0.4, 0.5) is 5.69 Å². The first-order valence-electron chi connectivity index (χ1n) is 6.54. The second-order valence-electron chi connectivity index (χ2n) is 4.65. The van der Waals surface area contributed by atoms with Gasteiger partial charge in [-0.3, -0.25) is 9.59 Å². The molecule has 0 spiro atoms. The fraction of sp³-hybridized carbons (Fsp3) is 0.200. The Labute approximate surface area is 132 Å². The second-order valence-corrected chi connectivity index (χ2v) is 5.09. The number of benzene rings is 1. The number of anilines is 1. The first-order valence-corrected chi connectivity index (χ1v) is 6.92. The van der Waals surface area contributed by atoms with E-state index in [1.807, 2.05) is 0 Å². The summed E-state index contributed by atoms with van der Waals surface area (Å²) in [7, 11) is 0. The Balaban J connectivity index is 1.89. The van der Waals surface area contributed by atoms with Gasteiger partial charge in [0.25, 0.3) is 0 Å². The van der Waals surface area contributed by atoms with Gasteiger partial charge in [0.1, 0.15) is 11.9 Å². The van der Waals surface area contributed by atoms with Gasteiger partial charge in [0.2, 0.25) is 0 Å². The van der Waals surface area contributed by atoms with Crippen LogP contribution in [0.2, 0.25) is 5.02 Å². The van der Waals surface area contributed by atoms with Crippen molar-refractivity contribution in [2.45, 2.75) is 13.0 Å². The number of halogens is 1. The number of aliphatic hydroxyl groups is 1. The third-order valence-corrected chi connectivity index (χ3v) is 3.22. The molecule has 0 aliphatic rings.